The highest BCUT2D eigenvalue weighted by atomic mass is 35.5. The molecule has 0 heterocycles. The number of hydrogen-bond acceptors (Lipinski definition) is 1. The number of aryl methyl sites for hydroxylation is 1. The first-order valence-corrected chi connectivity index (χ1v) is 7.40. The Morgan fingerprint density at radius 1 is 1.05 bits per heavy atom. The number of rotatable bonds is 4. The summed E-state index contributed by atoms with van der Waals surface area (Å²) in [5.41, 5.74) is 3.33. The van der Waals surface area contributed by atoms with Gasteiger partial charge in [-0.15, -0.1) is 0 Å². The Morgan fingerprint density at radius 2 is 1.80 bits per heavy atom. The van der Waals surface area contributed by atoms with Crippen LogP contribution in [0.3, 0.4) is 0 Å². The van der Waals surface area contributed by atoms with Crippen molar-refractivity contribution >= 4 is 23.2 Å². The summed E-state index contributed by atoms with van der Waals surface area (Å²) in [4.78, 5) is 0. The van der Waals surface area contributed by atoms with Gasteiger partial charge in [-0.25, -0.2) is 0 Å². The van der Waals surface area contributed by atoms with Gasteiger partial charge in [0, 0.05) is 15.6 Å². The van der Waals surface area contributed by atoms with E-state index >= 15 is 0 Å². The van der Waals surface area contributed by atoms with Crippen molar-refractivity contribution in [2.45, 2.75) is 33.3 Å². The van der Waals surface area contributed by atoms with Crippen molar-refractivity contribution in [2.24, 2.45) is 0 Å². The van der Waals surface area contributed by atoms with Crippen LogP contribution in [-0.4, -0.2) is 0 Å². The Kier molecular flexibility index (Phi) is 4.95. The second-order valence-corrected chi connectivity index (χ2v) is 6.05. The minimum atomic E-state index is 0.443. The molecule has 0 amide bonds. The average Bonchev–Trinajstić information content (AvgIpc) is 2.39. The van der Waals surface area contributed by atoms with Gasteiger partial charge in [0.15, 0.2) is 0 Å². The van der Waals surface area contributed by atoms with Gasteiger partial charge in [-0.2, -0.15) is 0 Å². The molecule has 106 valence electrons. The van der Waals surface area contributed by atoms with E-state index in [1.54, 1.807) is 6.07 Å². The molecule has 0 unspecified atom stereocenters. The molecule has 0 saturated carbocycles. The molecule has 2 aromatic carbocycles. The van der Waals surface area contributed by atoms with E-state index in [-0.39, 0.29) is 0 Å². The van der Waals surface area contributed by atoms with Crippen LogP contribution in [0.5, 0.6) is 5.75 Å². The minimum absolute atomic E-state index is 0.443. The third-order valence-corrected chi connectivity index (χ3v) is 3.86. The first-order valence-electron chi connectivity index (χ1n) is 6.64. The lowest BCUT2D eigenvalue weighted by atomic mass is 10.0. The predicted molar refractivity (Wildman–Crippen MR) is 86.1 cm³/mol. The molecule has 0 saturated heterocycles. The molecule has 0 aromatic heterocycles. The lowest BCUT2D eigenvalue weighted by molar-refractivity contribution is 0.304. The normalized spacial score (nSPS) is 10.9. The summed E-state index contributed by atoms with van der Waals surface area (Å²) in [6.45, 7) is 6.83. The van der Waals surface area contributed by atoms with Crippen molar-refractivity contribution in [3.05, 3.63) is 63.1 Å². The lowest BCUT2D eigenvalue weighted by Crippen LogP contribution is -1.99. The summed E-state index contributed by atoms with van der Waals surface area (Å²) in [5.74, 6) is 1.39. The van der Waals surface area contributed by atoms with Crippen molar-refractivity contribution in [3.8, 4) is 5.75 Å². The van der Waals surface area contributed by atoms with Crippen LogP contribution in [0.25, 0.3) is 0 Å². The largest absolute Gasteiger partial charge is 0.489 e. The maximum Gasteiger partial charge on any atom is 0.123 e. The number of hydrogen-bond donors (Lipinski definition) is 0. The van der Waals surface area contributed by atoms with E-state index in [4.69, 9.17) is 27.9 Å². The molecule has 0 bridgehead atoms. The quantitative estimate of drug-likeness (QED) is 0.672. The molecule has 2 aromatic rings. The molecular formula is C17H18Cl2O. The molecule has 20 heavy (non-hydrogen) atoms. The van der Waals surface area contributed by atoms with Crippen LogP contribution in [0.4, 0.5) is 0 Å². The molecular weight excluding hydrogens is 291 g/mol. The Bertz CT molecular complexity index is 606. The topological polar surface area (TPSA) is 9.23 Å². The maximum atomic E-state index is 6.15. The van der Waals surface area contributed by atoms with Gasteiger partial charge in [-0.3, -0.25) is 0 Å². The van der Waals surface area contributed by atoms with E-state index < -0.39 is 0 Å². The van der Waals surface area contributed by atoms with E-state index in [0.717, 1.165) is 16.9 Å². The van der Waals surface area contributed by atoms with Crippen molar-refractivity contribution in [1.29, 1.82) is 0 Å². The first-order chi connectivity index (χ1) is 9.47. The van der Waals surface area contributed by atoms with Gasteiger partial charge in [0.1, 0.15) is 12.4 Å². The summed E-state index contributed by atoms with van der Waals surface area (Å²) >= 11 is 12.0. The van der Waals surface area contributed by atoms with Gasteiger partial charge in [0.2, 0.25) is 0 Å². The fourth-order valence-corrected chi connectivity index (χ4v) is 2.39. The lowest BCUT2D eigenvalue weighted by Gasteiger charge is -2.13. The zero-order chi connectivity index (χ0) is 14.7. The van der Waals surface area contributed by atoms with Gasteiger partial charge in [0.05, 0.1) is 0 Å². The van der Waals surface area contributed by atoms with Crippen LogP contribution < -0.4 is 4.74 Å². The van der Waals surface area contributed by atoms with E-state index in [0.29, 0.717) is 22.6 Å². The first kappa shape index (κ1) is 15.2. The van der Waals surface area contributed by atoms with Crippen LogP contribution >= 0.6 is 23.2 Å². The molecule has 0 aliphatic heterocycles. The molecule has 0 atom stereocenters. The third-order valence-electron chi connectivity index (χ3n) is 3.28. The SMILES string of the molecule is Cc1ccc(C(C)C)cc1OCc1ccc(Cl)cc1Cl. The van der Waals surface area contributed by atoms with Crippen molar-refractivity contribution < 1.29 is 4.74 Å². The predicted octanol–water partition coefficient (Wildman–Crippen LogP) is 6.00. The molecule has 0 N–H and O–H groups in total. The highest BCUT2D eigenvalue weighted by Crippen LogP contribution is 2.27. The van der Waals surface area contributed by atoms with Crippen LogP contribution in [0.1, 0.15) is 36.5 Å². The second-order valence-electron chi connectivity index (χ2n) is 5.20. The van der Waals surface area contributed by atoms with Gasteiger partial charge < -0.3 is 4.74 Å². The molecule has 0 aliphatic rings. The summed E-state index contributed by atoms with van der Waals surface area (Å²) in [6.07, 6.45) is 0. The van der Waals surface area contributed by atoms with E-state index in [2.05, 4.69) is 32.0 Å². The number of ether oxygens (including phenoxy) is 1. The van der Waals surface area contributed by atoms with Gasteiger partial charge in [0.25, 0.3) is 0 Å². The molecule has 0 spiro atoms. The van der Waals surface area contributed by atoms with Crippen molar-refractivity contribution in [2.75, 3.05) is 0 Å². The average molecular weight is 309 g/mol. The van der Waals surface area contributed by atoms with Crippen molar-refractivity contribution in [1.82, 2.24) is 0 Å². The summed E-state index contributed by atoms with van der Waals surface area (Å²) < 4.78 is 5.91. The summed E-state index contributed by atoms with van der Waals surface area (Å²) in [7, 11) is 0. The summed E-state index contributed by atoms with van der Waals surface area (Å²) in [6, 6.07) is 11.8. The van der Waals surface area contributed by atoms with E-state index in [1.807, 2.05) is 19.1 Å². The van der Waals surface area contributed by atoms with Gasteiger partial charge >= 0.3 is 0 Å². The minimum Gasteiger partial charge on any atom is -0.489 e. The Balaban J connectivity index is 2.16. The van der Waals surface area contributed by atoms with E-state index in [1.165, 1.54) is 5.56 Å². The molecule has 2 rings (SSSR count). The monoisotopic (exact) mass is 308 g/mol. The van der Waals surface area contributed by atoms with Crippen LogP contribution in [0.15, 0.2) is 36.4 Å². The standard InChI is InChI=1S/C17H18Cl2O/c1-11(2)13-5-4-12(3)17(8-13)20-10-14-6-7-15(18)9-16(14)19/h4-9,11H,10H2,1-3H3. The third kappa shape index (κ3) is 3.68. The van der Waals surface area contributed by atoms with Crippen LogP contribution in [0, 0.1) is 6.92 Å². The molecule has 3 heteroatoms. The number of benzene rings is 2. The summed E-state index contributed by atoms with van der Waals surface area (Å²) in [5, 5.41) is 1.27. The van der Waals surface area contributed by atoms with Crippen LogP contribution in [-0.2, 0) is 6.61 Å². The van der Waals surface area contributed by atoms with Crippen LogP contribution in [0.2, 0.25) is 10.0 Å². The molecule has 0 fully saturated rings. The van der Waals surface area contributed by atoms with Crippen molar-refractivity contribution in [3.63, 3.8) is 0 Å². The second kappa shape index (κ2) is 6.51. The molecule has 0 radical (unpaired) electrons. The fraction of sp³-hybridized carbons (Fsp3) is 0.294. The Labute approximate surface area is 130 Å². The van der Waals surface area contributed by atoms with Gasteiger partial charge in [-0.05, 0) is 42.2 Å². The Morgan fingerprint density at radius 3 is 2.45 bits per heavy atom. The zero-order valence-electron chi connectivity index (χ0n) is 11.9. The fourth-order valence-electron chi connectivity index (χ4n) is 1.93. The van der Waals surface area contributed by atoms with Gasteiger partial charge in [-0.1, -0.05) is 55.2 Å². The highest BCUT2D eigenvalue weighted by molar-refractivity contribution is 6.35. The molecule has 1 nitrogen and oxygen atoms in total. The maximum absolute atomic E-state index is 6.15. The smallest absolute Gasteiger partial charge is 0.123 e. The van der Waals surface area contributed by atoms with E-state index in [9.17, 15) is 0 Å². The molecule has 0 aliphatic carbocycles. The zero-order valence-corrected chi connectivity index (χ0v) is 13.4. The highest BCUT2D eigenvalue weighted by Gasteiger charge is 2.07. The number of halogens is 2. The Hall–Kier alpha value is -1.18.